The molecule has 0 bridgehead atoms. The number of para-hydroxylation sites is 1. The highest BCUT2D eigenvalue weighted by Crippen LogP contribution is 2.30. The molecule has 1 aromatic heterocycles. The molecule has 2 N–H and O–H groups in total. The van der Waals surface area contributed by atoms with E-state index in [1.807, 2.05) is 6.92 Å². The molecule has 0 amide bonds. The Morgan fingerprint density at radius 3 is 2.48 bits per heavy atom. The predicted octanol–water partition coefficient (Wildman–Crippen LogP) is 4.59. The molecule has 0 spiro atoms. The van der Waals surface area contributed by atoms with E-state index < -0.39 is 17.7 Å². The van der Waals surface area contributed by atoms with E-state index in [9.17, 15) is 17.6 Å². The van der Waals surface area contributed by atoms with Gasteiger partial charge in [0, 0.05) is 12.1 Å². The van der Waals surface area contributed by atoms with E-state index in [-0.39, 0.29) is 23.5 Å². The molecule has 0 fully saturated rings. The van der Waals surface area contributed by atoms with E-state index in [4.69, 9.17) is 0 Å². The summed E-state index contributed by atoms with van der Waals surface area (Å²) in [6, 6.07) is 6.31. The molecule has 1 atom stereocenters. The van der Waals surface area contributed by atoms with Crippen molar-refractivity contribution in [2.45, 2.75) is 32.5 Å². The highest BCUT2D eigenvalue weighted by Gasteiger charge is 2.34. The Bertz CT molecular complexity index is 673. The predicted molar refractivity (Wildman–Crippen MR) is 80.1 cm³/mol. The Morgan fingerprint density at radius 2 is 1.87 bits per heavy atom. The molecule has 0 unspecified atom stereocenters. The van der Waals surface area contributed by atoms with Gasteiger partial charge in [0.1, 0.15) is 11.6 Å². The van der Waals surface area contributed by atoms with Gasteiger partial charge >= 0.3 is 6.18 Å². The van der Waals surface area contributed by atoms with Gasteiger partial charge in [-0.3, -0.25) is 0 Å². The van der Waals surface area contributed by atoms with Crippen molar-refractivity contribution < 1.29 is 17.6 Å². The van der Waals surface area contributed by atoms with E-state index in [2.05, 4.69) is 20.6 Å². The molecule has 0 aliphatic heterocycles. The van der Waals surface area contributed by atoms with Crippen molar-refractivity contribution in [3.8, 4) is 0 Å². The van der Waals surface area contributed by atoms with E-state index >= 15 is 0 Å². The lowest BCUT2D eigenvalue weighted by Crippen LogP contribution is -2.18. The summed E-state index contributed by atoms with van der Waals surface area (Å²) in [5, 5.41) is 5.34. The van der Waals surface area contributed by atoms with Crippen LogP contribution in [0.1, 0.15) is 26.0 Å². The Kier molecular flexibility index (Phi) is 5.02. The molecule has 8 heteroatoms. The lowest BCUT2D eigenvalue weighted by Gasteiger charge is -2.15. The number of benzene rings is 1. The van der Waals surface area contributed by atoms with Crippen LogP contribution in [0.2, 0.25) is 0 Å². The fraction of sp³-hybridized carbons (Fsp3) is 0.333. The highest BCUT2D eigenvalue weighted by atomic mass is 19.4. The van der Waals surface area contributed by atoms with Crippen molar-refractivity contribution in [2.24, 2.45) is 0 Å². The number of anilines is 3. The number of alkyl halides is 3. The quantitative estimate of drug-likeness (QED) is 0.788. The van der Waals surface area contributed by atoms with Gasteiger partial charge in [-0.25, -0.2) is 9.37 Å². The van der Waals surface area contributed by atoms with Crippen LogP contribution in [0, 0.1) is 5.82 Å². The fourth-order valence-electron chi connectivity index (χ4n) is 1.74. The second-order valence-electron chi connectivity index (χ2n) is 5.02. The van der Waals surface area contributed by atoms with Crippen LogP contribution in [0.15, 0.2) is 30.3 Å². The Balaban J connectivity index is 2.38. The van der Waals surface area contributed by atoms with Crippen LogP contribution in [-0.2, 0) is 6.18 Å². The van der Waals surface area contributed by atoms with Crippen LogP contribution >= 0.6 is 0 Å². The molecule has 2 rings (SSSR count). The van der Waals surface area contributed by atoms with E-state index in [1.54, 1.807) is 13.0 Å². The zero-order valence-electron chi connectivity index (χ0n) is 12.6. The summed E-state index contributed by atoms with van der Waals surface area (Å²) in [7, 11) is 0. The lowest BCUT2D eigenvalue weighted by atomic mass is 10.3. The zero-order chi connectivity index (χ0) is 17.0. The fourth-order valence-corrected chi connectivity index (χ4v) is 1.74. The first-order valence-electron chi connectivity index (χ1n) is 7.04. The minimum atomic E-state index is -4.62. The number of hydrogen-bond donors (Lipinski definition) is 2. The molecular weight excluding hydrogens is 312 g/mol. The smallest absolute Gasteiger partial charge is 0.352 e. The van der Waals surface area contributed by atoms with Crippen LogP contribution in [0.3, 0.4) is 0 Å². The topological polar surface area (TPSA) is 49.8 Å². The SMILES string of the molecule is CC[C@H](C)Nc1nc(Nc2ccccc2F)cc(C(F)(F)F)n1. The first kappa shape index (κ1) is 17.0. The average Bonchev–Trinajstić information content (AvgIpc) is 2.48. The van der Waals surface area contributed by atoms with Crippen molar-refractivity contribution in [1.82, 2.24) is 9.97 Å². The van der Waals surface area contributed by atoms with Gasteiger partial charge in [0.25, 0.3) is 0 Å². The third kappa shape index (κ3) is 4.54. The summed E-state index contributed by atoms with van der Waals surface area (Å²) >= 11 is 0. The summed E-state index contributed by atoms with van der Waals surface area (Å²) in [6.45, 7) is 3.68. The van der Waals surface area contributed by atoms with E-state index in [0.717, 1.165) is 6.07 Å². The number of nitrogens with one attached hydrogen (secondary N) is 2. The van der Waals surface area contributed by atoms with Gasteiger partial charge in [0.15, 0.2) is 5.69 Å². The maximum atomic E-state index is 13.6. The number of hydrogen-bond acceptors (Lipinski definition) is 4. The van der Waals surface area contributed by atoms with Crippen LogP contribution in [0.25, 0.3) is 0 Å². The van der Waals surface area contributed by atoms with Crippen LogP contribution < -0.4 is 10.6 Å². The summed E-state index contributed by atoms with van der Waals surface area (Å²) in [5.41, 5.74) is -1.06. The molecule has 1 aromatic carbocycles. The van der Waals surface area contributed by atoms with Crippen LogP contribution in [0.4, 0.5) is 35.0 Å². The van der Waals surface area contributed by atoms with Crippen molar-refractivity contribution in [1.29, 1.82) is 0 Å². The molecule has 0 radical (unpaired) electrons. The molecule has 23 heavy (non-hydrogen) atoms. The molecule has 1 heterocycles. The number of rotatable bonds is 5. The zero-order valence-corrected chi connectivity index (χ0v) is 12.6. The van der Waals surface area contributed by atoms with Crippen molar-refractivity contribution in [2.75, 3.05) is 10.6 Å². The standard InChI is InChI=1S/C15H16F4N4/c1-3-9(2)20-14-22-12(15(17,18)19)8-13(23-14)21-11-7-5-4-6-10(11)16/h4-9H,3H2,1-2H3,(H2,20,21,22,23)/t9-/m0/s1. The molecule has 4 nitrogen and oxygen atoms in total. The Hall–Kier alpha value is -2.38. The van der Waals surface area contributed by atoms with Gasteiger partial charge in [-0.05, 0) is 25.5 Å². The lowest BCUT2D eigenvalue weighted by molar-refractivity contribution is -0.141. The monoisotopic (exact) mass is 328 g/mol. The maximum Gasteiger partial charge on any atom is 0.433 e. The van der Waals surface area contributed by atoms with Gasteiger partial charge in [0.2, 0.25) is 5.95 Å². The van der Waals surface area contributed by atoms with Crippen molar-refractivity contribution in [3.05, 3.63) is 41.8 Å². The van der Waals surface area contributed by atoms with Gasteiger partial charge in [-0.15, -0.1) is 0 Å². The summed E-state index contributed by atoms with van der Waals surface area (Å²) in [6.07, 6.45) is -3.93. The molecule has 0 saturated carbocycles. The molecule has 124 valence electrons. The summed E-state index contributed by atoms with van der Waals surface area (Å²) in [5.74, 6) is -0.882. The maximum absolute atomic E-state index is 13.6. The van der Waals surface area contributed by atoms with Crippen LogP contribution in [-0.4, -0.2) is 16.0 Å². The van der Waals surface area contributed by atoms with E-state index in [0.29, 0.717) is 6.42 Å². The average molecular weight is 328 g/mol. The first-order chi connectivity index (χ1) is 10.8. The molecule has 0 aliphatic carbocycles. The van der Waals surface area contributed by atoms with E-state index in [1.165, 1.54) is 18.2 Å². The van der Waals surface area contributed by atoms with Gasteiger partial charge in [0.05, 0.1) is 5.69 Å². The molecule has 0 aliphatic rings. The van der Waals surface area contributed by atoms with Crippen LogP contribution in [0.5, 0.6) is 0 Å². The first-order valence-corrected chi connectivity index (χ1v) is 7.04. The minimum Gasteiger partial charge on any atom is -0.352 e. The van der Waals surface area contributed by atoms with Gasteiger partial charge < -0.3 is 10.6 Å². The Morgan fingerprint density at radius 1 is 1.17 bits per heavy atom. The Labute approximate surface area is 131 Å². The summed E-state index contributed by atoms with van der Waals surface area (Å²) < 4.78 is 52.5. The molecule has 0 saturated heterocycles. The second-order valence-corrected chi connectivity index (χ2v) is 5.02. The highest BCUT2D eigenvalue weighted by molar-refractivity contribution is 5.58. The normalized spacial score (nSPS) is 12.8. The van der Waals surface area contributed by atoms with Gasteiger partial charge in [-0.2, -0.15) is 18.2 Å². The van der Waals surface area contributed by atoms with Crippen molar-refractivity contribution in [3.63, 3.8) is 0 Å². The third-order valence-electron chi connectivity index (χ3n) is 3.14. The summed E-state index contributed by atoms with van der Waals surface area (Å²) in [4.78, 5) is 7.45. The third-order valence-corrected chi connectivity index (χ3v) is 3.14. The minimum absolute atomic E-state index is 0.0359. The number of aromatic nitrogens is 2. The van der Waals surface area contributed by atoms with Gasteiger partial charge in [-0.1, -0.05) is 19.1 Å². The largest absolute Gasteiger partial charge is 0.433 e. The molecular formula is C15H16F4N4. The van der Waals surface area contributed by atoms with Crippen molar-refractivity contribution >= 4 is 17.5 Å². The number of nitrogens with zero attached hydrogens (tertiary/aromatic N) is 2. The second kappa shape index (κ2) is 6.80. The number of halogens is 4. The molecule has 2 aromatic rings.